The lowest BCUT2D eigenvalue weighted by atomic mass is 10.1. The van der Waals surface area contributed by atoms with Crippen LogP contribution in [0.4, 0.5) is 5.69 Å². The number of methoxy groups -OCH3 is 1. The van der Waals surface area contributed by atoms with Gasteiger partial charge in [0.25, 0.3) is 5.91 Å². The van der Waals surface area contributed by atoms with Crippen LogP contribution in [0.3, 0.4) is 0 Å². The Kier molecular flexibility index (Phi) is 6.07. The lowest BCUT2D eigenvalue weighted by Crippen LogP contribution is -2.26. The summed E-state index contributed by atoms with van der Waals surface area (Å²) < 4.78 is 10.7. The highest BCUT2D eigenvalue weighted by molar-refractivity contribution is 5.98. The van der Waals surface area contributed by atoms with Crippen LogP contribution in [0.5, 0.6) is 5.75 Å². The van der Waals surface area contributed by atoms with Crippen molar-refractivity contribution in [1.29, 1.82) is 0 Å². The van der Waals surface area contributed by atoms with Gasteiger partial charge >= 0.3 is 5.97 Å². The van der Waals surface area contributed by atoms with Crippen molar-refractivity contribution in [2.24, 2.45) is 0 Å². The summed E-state index contributed by atoms with van der Waals surface area (Å²) in [4.78, 5) is 25.5. The monoisotopic (exact) mass is 375 g/mol. The highest BCUT2D eigenvalue weighted by Gasteiger charge is 2.26. The number of carbonyl (C=O) groups is 2. The van der Waals surface area contributed by atoms with Crippen LogP contribution in [0.1, 0.15) is 27.6 Å². The van der Waals surface area contributed by atoms with Gasteiger partial charge in [-0.3, -0.25) is 4.79 Å². The van der Waals surface area contributed by atoms with Crippen LogP contribution < -0.4 is 10.1 Å². The Morgan fingerprint density at radius 1 is 0.893 bits per heavy atom. The van der Waals surface area contributed by atoms with Crippen LogP contribution in [-0.4, -0.2) is 19.0 Å². The maximum absolute atomic E-state index is 12.9. The molecule has 0 heterocycles. The van der Waals surface area contributed by atoms with Crippen LogP contribution in [0.15, 0.2) is 78.9 Å². The molecule has 0 aromatic heterocycles. The fraction of sp³-hybridized carbons (Fsp3) is 0.130. The average Bonchev–Trinajstić information content (AvgIpc) is 2.73. The predicted molar refractivity (Wildman–Crippen MR) is 107 cm³/mol. The van der Waals surface area contributed by atoms with Crippen molar-refractivity contribution in [3.63, 3.8) is 0 Å². The third-order valence-electron chi connectivity index (χ3n) is 4.19. The zero-order valence-electron chi connectivity index (χ0n) is 15.7. The molecule has 142 valence electrons. The number of amides is 1. The van der Waals surface area contributed by atoms with Gasteiger partial charge in [-0.15, -0.1) is 0 Å². The Morgan fingerprint density at radius 3 is 2.29 bits per heavy atom. The second kappa shape index (κ2) is 8.86. The van der Waals surface area contributed by atoms with Crippen molar-refractivity contribution in [3.8, 4) is 5.75 Å². The molecule has 0 saturated carbocycles. The van der Waals surface area contributed by atoms with E-state index in [2.05, 4.69) is 5.32 Å². The predicted octanol–water partition coefficient (Wildman–Crippen LogP) is 4.54. The zero-order chi connectivity index (χ0) is 19.9. The average molecular weight is 375 g/mol. The molecule has 0 aliphatic carbocycles. The van der Waals surface area contributed by atoms with Crippen LogP contribution in [0.2, 0.25) is 0 Å². The molecular formula is C23H21NO4. The van der Waals surface area contributed by atoms with Gasteiger partial charge < -0.3 is 14.8 Å². The second-order valence-corrected chi connectivity index (χ2v) is 6.28. The number of benzene rings is 3. The third-order valence-corrected chi connectivity index (χ3v) is 4.19. The SMILES string of the molecule is COc1cccc(NC(=O)[C@@H](OC(=O)c2ccc(C)cc2)c2ccccc2)c1. The van der Waals surface area contributed by atoms with E-state index >= 15 is 0 Å². The Labute approximate surface area is 163 Å². The van der Waals surface area contributed by atoms with Gasteiger partial charge in [0.05, 0.1) is 12.7 Å². The van der Waals surface area contributed by atoms with Gasteiger partial charge in [-0.05, 0) is 31.2 Å². The van der Waals surface area contributed by atoms with E-state index in [1.165, 1.54) is 0 Å². The van der Waals surface area contributed by atoms with Gasteiger partial charge in [-0.2, -0.15) is 0 Å². The molecule has 0 saturated heterocycles. The summed E-state index contributed by atoms with van der Waals surface area (Å²) >= 11 is 0. The first kappa shape index (κ1) is 19.2. The number of anilines is 1. The van der Waals surface area contributed by atoms with Crippen LogP contribution in [0.25, 0.3) is 0 Å². The van der Waals surface area contributed by atoms with Crippen LogP contribution in [-0.2, 0) is 9.53 Å². The van der Waals surface area contributed by atoms with E-state index in [1.807, 2.05) is 25.1 Å². The molecule has 1 atom stereocenters. The first-order valence-electron chi connectivity index (χ1n) is 8.84. The van der Waals surface area contributed by atoms with E-state index in [0.717, 1.165) is 5.56 Å². The summed E-state index contributed by atoms with van der Waals surface area (Å²) in [6.45, 7) is 1.93. The molecule has 0 unspecified atom stereocenters. The minimum absolute atomic E-state index is 0.390. The maximum Gasteiger partial charge on any atom is 0.339 e. The van der Waals surface area contributed by atoms with Crippen molar-refractivity contribution >= 4 is 17.6 Å². The number of ether oxygens (including phenoxy) is 2. The molecule has 3 aromatic carbocycles. The Hall–Kier alpha value is -3.60. The van der Waals surface area contributed by atoms with Gasteiger partial charge in [0.15, 0.2) is 0 Å². The Morgan fingerprint density at radius 2 is 1.61 bits per heavy atom. The van der Waals surface area contributed by atoms with Gasteiger partial charge in [0, 0.05) is 17.3 Å². The quantitative estimate of drug-likeness (QED) is 0.643. The number of nitrogens with one attached hydrogen (secondary N) is 1. The smallest absolute Gasteiger partial charge is 0.339 e. The lowest BCUT2D eigenvalue weighted by molar-refractivity contribution is -0.125. The fourth-order valence-corrected chi connectivity index (χ4v) is 2.67. The number of hydrogen-bond acceptors (Lipinski definition) is 4. The normalized spacial score (nSPS) is 11.4. The van der Waals surface area contributed by atoms with Crippen molar-refractivity contribution in [2.75, 3.05) is 12.4 Å². The minimum Gasteiger partial charge on any atom is -0.497 e. The van der Waals surface area contributed by atoms with Gasteiger partial charge in [0.1, 0.15) is 5.75 Å². The van der Waals surface area contributed by atoms with E-state index in [4.69, 9.17) is 9.47 Å². The highest BCUT2D eigenvalue weighted by atomic mass is 16.5. The molecule has 0 fully saturated rings. The van der Waals surface area contributed by atoms with Crippen molar-refractivity contribution in [3.05, 3.63) is 95.6 Å². The largest absolute Gasteiger partial charge is 0.497 e. The number of hydrogen-bond donors (Lipinski definition) is 1. The zero-order valence-corrected chi connectivity index (χ0v) is 15.7. The molecule has 0 radical (unpaired) electrons. The van der Waals surface area contributed by atoms with Gasteiger partial charge in [0.2, 0.25) is 6.10 Å². The molecule has 0 aliphatic heterocycles. The van der Waals surface area contributed by atoms with Crippen molar-refractivity contribution in [1.82, 2.24) is 0 Å². The summed E-state index contributed by atoms with van der Waals surface area (Å²) in [7, 11) is 1.55. The molecule has 28 heavy (non-hydrogen) atoms. The minimum atomic E-state index is -1.08. The fourth-order valence-electron chi connectivity index (χ4n) is 2.67. The molecule has 5 heteroatoms. The molecule has 0 spiro atoms. The molecule has 3 aromatic rings. The number of rotatable bonds is 6. The van der Waals surface area contributed by atoms with E-state index in [-0.39, 0.29) is 0 Å². The maximum atomic E-state index is 12.9. The van der Waals surface area contributed by atoms with Crippen molar-refractivity contribution in [2.45, 2.75) is 13.0 Å². The highest BCUT2D eigenvalue weighted by Crippen LogP contribution is 2.23. The Balaban J connectivity index is 1.83. The number of carbonyl (C=O) groups excluding carboxylic acids is 2. The molecule has 3 rings (SSSR count). The van der Waals surface area contributed by atoms with E-state index < -0.39 is 18.0 Å². The molecular weight excluding hydrogens is 354 g/mol. The van der Waals surface area contributed by atoms with Gasteiger partial charge in [-0.25, -0.2) is 4.79 Å². The molecule has 5 nitrogen and oxygen atoms in total. The third kappa shape index (κ3) is 4.76. The summed E-state index contributed by atoms with van der Waals surface area (Å²) in [5.41, 5.74) is 2.56. The number of aryl methyl sites for hydroxylation is 1. The second-order valence-electron chi connectivity index (χ2n) is 6.28. The lowest BCUT2D eigenvalue weighted by Gasteiger charge is -2.18. The van der Waals surface area contributed by atoms with Crippen LogP contribution in [0, 0.1) is 6.92 Å². The molecule has 0 bridgehead atoms. The Bertz CT molecular complexity index is 952. The summed E-state index contributed by atoms with van der Waals surface area (Å²) in [5, 5.41) is 2.78. The van der Waals surface area contributed by atoms with Gasteiger partial charge in [-0.1, -0.05) is 54.1 Å². The van der Waals surface area contributed by atoms with E-state index in [1.54, 1.807) is 67.8 Å². The standard InChI is InChI=1S/C23H21NO4/c1-16-11-13-18(14-12-16)23(26)28-21(17-7-4-3-5-8-17)22(25)24-19-9-6-10-20(15-19)27-2/h3-15,21H,1-2H3,(H,24,25)/t21-/m0/s1. The molecule has 1 amide bonds. The van der Waals surface area contributed by atoms with Crippen LogP contribution >= 0.6 is 0 Å². The summed E-state index contributed by atoms with van der Waals surface area (Å²) in [6.07, 6.45) is -1.08. The number of esters is 1. The van der Waals surface area contributed by atoms with Crippen molar-refractivity contribution < 1.29 is 19.1 Å². The first-order chi connectivity index (χ1) is 13.6. The van der Waals surface area contributed by atoms with E-state index in [9.17, 15) is 9.59 Å². The van der Waals surface area contributed by atoms with E-state index in [0.29, 0.717) is 22.6 Å². The molecule has 0 aliphatic rings. The molecule has 1 N–H and O–H groups in total. The topological polar surface area (TPSA) is 64.6 Å². The first-order valence-corrected chi connectivity index (χ1v) is 8.84. The summed E-state index contributed by atoms with van der Waals surface area (Å²) in [5.74, 6) is -0.389. The summed E-state index contributed by atoms with van der Waals surface area (Å²) in [6, 6.07) is 22.9.